The minimum atomic E-state index is -1.59. The van der Waals surface area contributed by atoms with Crippen LogP contribution in [0.25, 0.3) is 6.08 Å². The van der Waals surface area contributed by atoms with E-state index in [9.17, 15) is 19.2 Å². The highest BCUT2D eigenvalue weighted by atomic mass is 16.5. The summed E-state index contributed by atoms with van der Waals surface area (Å²) in [4.78, 5) is 46.6. The third-order valence-corrected chi connectivity index (χ3v) is 5.01. The molecule has 0 aromatic heterocycles. The Morgan fingerprint density at radius 1 is 1.03 bits per heavy atom. The lowest BCUT2D eigenvalue weighted by Crippen LogP contribution is -2.44. The molecule has 0 saturated heterocycles. The number of amides is 1. The van der Waals surface area contributed by atoms with Crippen molar-refractivity contribution in [2.45, 2.75) is 12.5 Å². The van der Waals surface area contributed by atoms with E-state index in [2.05, 4.69) is 5.32 Å². The van der Waals surface area contributed by atoms with Crippen molar-refractivity contribution in [1.82, 2.24) is 5.32 Å². The van der Waals surface area contributed by atoms with Gasteiger partial charge in [0.05, 0.1) is 33.3 Å². The van der Waals surface area contributed by atoms with Crippen LogP contribution in [-0.4, -0.2) is 67.8 Å². The number of carboxylic acid groups (broad SMARTS) is 2. The minimum absolute atomic E-state index is 0.0344. The van der Waals surface area contributed by atoms with Gasteiger partial charge in [-0.15, -0.1) is 0 Å². The lowest BCUT2D eigenvalue weighted by atomic mass is 10.1. The van der Waals surface area contributed by atoms with E-state index in [1.165, 1.54) is 45.6 Å². The molecule has 1 heterocycles. The molecule has 12 heteroatoms. The van der Waals surface area contributed by atoms with Crippen LogP contribution in [0.5, 0.6) is 28.7 Å². The van der Waals surface area contributed by atoms with Gasteiger partial charge in [-0.3, -0.25) is 14.4 Å². The molecule has 0 saturated carbocycles. The Morgan fingerprint density at radius 2 is 1.69 bits per heavy atom. The molecule has 0 bridgehead atoms. The third kappa shape index (κ3) is 5.84. The number of nitrogens with one attached hydrogen (secondary N) is 1. The van der Waals surface area contributed by atoms with Crippen LogP contribution >= 0.6 is 0 Å². The highest BCUT2D eigenvalue weighted by Crippen LogP contribution is 2.40. The molecule has 190 valence electrons. The first kappa shape index (κ1) is 25.9. The summed E-state index contributed by atoms with van der Waals surface area (Å²) in [5.74, 6) is -2.46. The van der Waals surface area contributed by atoms with Gasteiger partial charge >= 0.3 is 11.9 Å². The molecular weight excluding hydrogens is 478 g/mol. The standard InChI is InChI=1S/C24H23NO11/c1-32-18-7-12(8-19(33-2)23(18)34-3)6-17-22(29)14-5-4-13(9-16(14)36-17)35-11-20(26)25-15(24(30)31)10-21(27)28/h4-9,15H,10-11H2,1-3H3,(H,25,26)(H,27,28)(H,30,31). The fourth-order valence-electron chi connectivity index (χ4n) is 3.35. The summed E-state index contributed by atoms with van der Waals surface area (Å²) in [7, 11) is 4.41. The van der Waals surface area contributed by atoms with Crippen LogP contribution in [-0.2, 0) is 14.4 Å². The second kappa shape index (κ2) is 11.1. The number of aliphatic carboxylic acids is 2. The fourth-order valence-corrected chi connectivity index (χ4v) is 3.35. The molecular formula is C24H23NO11. The summed E-state index contributed by atoms with van der Waals surface area (Å²) in [6.07, 6.45) is 0.728. The summed E-state index contributed by atoms with van der Waals surface area (Å²) in [6.45, 7) is -0.579. The second-order valence-electron chi connectivity index (χ2n) is 7.40. The Kier molecular flexibility index (Phi) is 8.00. The van der Waals surface area contributed by atoms with E-state index in [0.29, 0.717) is 22.8 Å². The number of hydrogen-bond donors (Lipinski definition) is 3. The van der Waals surface area contributed by atoms with Gasteiger partial charge in [0.25, 0.3) is 5.91 Å². The number of hydrogen-bond acceptors (Lipinski definition) is 9. The van der Waals surface area contributed by atoms with E-state index in [1.807, 2.05) is 0 Å². The van der Waals surface area contributed by atoms with Crippen LogP contribution in [0, 0.1) is 0 Å². The number of allylic oxidation sites excluding steroid dienone is 1. The van der Waals surface area contributed by atoms with E-state index in [-0.39, 0.29) is 28.6 Å². The zero-order chi connectivity index (χ0) is 26.4. The molecule has 1 aliphatic rings. The Morgan fingerprint density at radius 3 is 2.25 bits per heavy atom. The Hall–Kier alpha value is -4.74. The van der Waals surface area contributed by atoms with Crippen LogP contribution in [0.4, 0.5) is 0 Å². The van der Waals surface area contributed by atoms with E-state index >= 15 is 0 Å². The van der Waals surface area contributed by atoms with Crippen LogP contribution in [0.1, 0.15) is 22.3 Å². The molecule has 0 radical (unpaired) electrons. The van der Waals surface area contributed by atoms with Crippen molar-refractivity contribution in [3.63, 3.8) is 0 Å². The average molecular weight is 501 g/mol. The number of methoxy groups -OCH3 is 3. The molecule has 3 N–H and O–H groups in total. The van der Waals surface area contributed by atoms with E-state index in [4.69, 9.17) is 33.9 Å². The number of rotatable bonds is 11. The lowest BCUT2D eigenvalue weighted by Gasteiger charge is -2.13. The normalized spacial score (nSPS) is 13.9. The predicted octanol–water partition coefficient (Wildman–Crippen LogP) is 1.75. The van der Waals surface area contributed by atoms with Crippen molar-refractivity contribution < 1.29 is 53.1 Å². The van der Waals surface area contributed by atoms with Crippen molar-refractivity contribution >= 4 is 29.7 Å². The Balaban J connectivity index is 1.72. The first-order valence-electron chi connectivity index (χ1n) is 10.4. The molecule has 0 spiro atoms. The van der Waals surface area contributed by atoms with Crippen LogP contribution in [0.2, 0.25) is 0 Å². The zero-order valence-corrected chi connectivity index (χ0v) is 19.5. The number of ketones is 1. The Bertz CT molecular complexity index is 1210. The number of ether oxygens (including phenoxy) is 5. The summed E-state index contributed by atoms with van der Waals surface area (Å²) < 4.78 is 27.0. The van der Waals surface area contributed by atoms with Crippen molar-refractivity contribution in [2.75, 3.05) is 27.9 Å². The first-order chi connectivity index (χ1) is 17.2. The maximum absolute atomic E-state index is 12.8. The lowest BCUT2D eigenvalue weighted by molar-refractivity contribution is -0.147. The molecule has 36 heavy (non-hydrogen) atoms. The summed E-state index contributed by atoms with van der Waals surface area (Å²) in [6, 6.07) is 6.02. The highest BCUT2D eigenvalue weighted by Gasteiger charge is 2.28. The molecule has 2 aromatic carbocycles. The molecule has 1 atom stereocenters. The van der Waals surface area contributed by atoms with Gasteiger partial charge in [0.2, 0.25) is 11.5 Å². The summed E-state index contributed by atoms with van der Waals surface area (Å²) in [5.41, 5.74) is 0.834. The molecule has 2 aromatic rings. The number of benzene rings is 2. The predicted molar refractivity (Wildman–Crippen MR) is 123 cm³/mol. The van der Waals surface area contributed by atoms with Crippen LogP contribution in [0.15, 0.2) is 36.1 Å². The SMILES string of the molecule is COc1cc(C=C2Oc3cc(OCC(=O)NC(CC(=O)O)C(=O)O)ccc3C2=O)cc(OC)c1OC. The summed E-state index contributed by atoms with van der Waals surface area (Å²) in [5, 5.41) is 19.8. The molecule has 12 nitrogen and oxygen atoms in total. The maximum atomic E-state index is 12.8. The largest absolute Gasteiger partial charge is 0.493 e. The third-order valence-electron chi connectivity index (χ3n) is 5.01. The van der Waals surface area contributed by atoms with Gasteiger partial charge in [-0.25, -0.2) is 4.79 Å². The fraction of sp³-hybridized carbons (Fsp3) is 0.250. The summed E-state index contributed by atoms with van der Waals surface area (Å²) >= 11 is 0. The van der Waals surface area contributed by atoms with Crippen LogP contribution in [0.3, 0.4) is 0 Å². The first-order valence-corrected chi connectivity index (χ1v) is 10.4. The van der Waals surface area contributed by atoms with E-state index < -0.39 is 36.9 Å². The van der Waals surface area contributed by atoms with E-state index in [0.717, 1.165) is 0 Å². The molecule has 0 fully saturated rings. The number of fused-ring (bicyclic) bond motifs is 1. The van der Waals surface area contributed by atoms with Gasteiger partial charge in [0.15, 0.2) is 23.9 Å². The van der Waals surface area contributed by atoms with Gasteiger partial charge in [0.1, 0.15) is 17.5 Å². The van der Waals surface area contributed by atoms with Gasteiger partial charge in [0, 0.05) is 6.07 Å². The molecule has 1 aliphatic heterocycles. The van der Waals surface area contributed by atoms with Gasteiger partial charge < -0.3 is 39.2 Å². The Labute approximate surface area is 205 Å². The van der Waals surface area contributed by atoms with Crippen molar-refractivity contribution in [3.8, 4) is 28.7 Å². The quantitative estimate of drug-likeness (QED) is 0.384. The van der Waals surface area contributed by atoms with Gasteiger partial charge in [-0.05, 0) is 35.9 Å². The zero-order valence-electron chi connectivity index (χ0n) is 19.5. The molecule has 0 aliphatic carbocycles. The number of carboxylic acids is 2. The topological polar surface area (TPSA) is 167 Å². The van der Waals surface area contributed by atoms with Crippen molar-refractivity contribution in [2.24, 2.45) is 0 Å². The highest BCUT2D eigenvalue weighted by molar-refractivity contribution is 6.14. The smallest absolute Gasteiger partial charge is 0.326 e. The van der Waals surface area contributed by atoms with Crippen LogP contribution < -0.4 is 29.0 Å². The average Bonchev–Trinajstić information content (AvgIpc) is 3.15. The monoisotopic (exact) mass is 501 g/mol. The number of Topliss-reactive ketones (excluding diaryl/α,β-unsaturated/α-hetero) is 1. The molecule has 1 amide bonds. The molecule has 3 rings (SSSR count). The number of carbonyl (C=O) groups is 4. The van der Waals surface area contributed by atoms with Gasteiger partial charge in [-0.2, -0.15) is 0 Å². The maximum Gasteiger partial charge on any atom is 0.326 e. The molecule has 1 unspecified atom stereocenters. The second-order valence-corrected chi connectivity index (χ2v) is 7.40. The minimum Gasteiger partial charge on any atom is -0.493 e. The van der Waals surface area contributed by atoms with E-state index in [1.54, 1.807) is 12.1 Å². The van der Waals surface area contributed by atoms with Crippen molar-refractivity contribution in [3.05, 3.63) is 47.2 Å². The van der Waals surface area contributed by atoms with Crippen molar-refractivity contribution in [1.29, 1.82) is 0 Å². The van der Waals surface area contributed by atoms with Gasteiger partial charge in [-0.1, -0.05) is 0 Å². The number of carbonyl (C=O) groups excluding carboxylic acids is 2.